The van der Waals surface area contributed by atoms with Crippen LogP contribution >= 0.6 is 7.82 Å². The van der Waals surface area contributed by atoms with Crippen LogP contribution in [0.2, 0.25) is 0 Å². The molecule has 0 saturated carbocycles. The second kappa shape index (κ2) is 51.5. The summed E-state index contributed by atoms with van der Waals surface area (Å²) in [6, 6.07) is 0. The molecule has 0 spiro atoms. The molecule has 0 saturated heterocycles. The molecule has 2 N–H and O–H groups in total. The summed E-state index contributed by atoms with van der Waals surface area (Å²) in [4.78, 5) is 48.3. The summed E-state index contributed by atoms with van der Waals surface area (Å²) >= 11 is 0. The molecule has 0 aliphatic carbocycles. The summed E-state index contributed by atoms with van der Waals surface area (Å²) in [7, 11) is -4.77. The standard InChI is InChI=1S/C58H95O11P/c1-4-7-10-13-16-19-22-24-25-26-27-28-29-31-33-35-38-41-44-47-56(60)65-51-55(69-58(62)49-46-43-40-37-34-30-23-20-17-14-11-8-5-2)53-67-70(63,64)66-52-54(50-59)68-57(61)48-45-42-39-36-32-21-18-15-12-9-6-3/h7,10-11,14-16,18-20,23-25,27-28,31,33,38,41,54-55,59H,4-6,8-9,12-13,17,21-22,26,29-30,32,34-37,39-40,42-53H2,1-3H3,(H,63,64)/b10-7-,14-11-,18-15-,19-16-,23-20-,25-24-,28-27-,33-31-,41-38-. The highest BCUT2D eigenvalue weighted by molar-refractivity contribution is 7.47. The lowest BCUT2D eigenvalue weighted by Gasteiger charge is -2.21. The smallest absolute Gasteiger partial charge is 0.462 e. The largest absolute Gasteiger partial charge is 0.472 e. The number of carbonyl (C=O) groups is 3. The molecule has 3 unspecified atom stereocenters. The Morgan fingerprint density at radius 2 is 0.800 bits per heavy atom. The molecule has 0 fully saturated rings. The molecule has 0 amide bonds. The molecule has 0 bridgehead atoms. The number of aliphatic hydroxyl groups excluding tert-OH is 1. The molecule has 0 aromatic heterocycles. The molecule has 3 atom stereocenters. The van der Waals surface area contributed by atoms with Crippen molar-refractivity contribution in [2.24, 2.45) is 0 Å². The Labute approximate surface area is 425 Å². The number of aliphatic hydroxyl groups is 1. The zero-order valence-corrected chi connectivity index (χ0v) is 44.6. The molecule has 12 heteroatoms. The van der Waals surface area contributed by atoms with Crippen LogP contribution in [0.5, 0.6) is 0 Å². The first-order valence-electron chi connectivity index (χ1n) is 26.8. The van der Waals surface area contributed by atoms with Crippen LogP contribution in [-0.4, -0.2) is 66.5 Å². The van der Waals surface area contributed by atoms with Gasteiger partial charge >= 0.3 is 25.7 Å². The Morgan fingerprint density at radius 1 is 0.414 bits per heavy atom. The van der Waals surface area contributed by atoms with Gasteiger partial charge in [0.1, 0.15) is 12.7 Å². The van der Waals surface area contributed by atoms with E-state index < -0.39 is 57.8 Å². The number of phosphoric acid groups is 1. The van der Waals surface area contributed by atoms with E-state index in [2.05, 4.69) is 118 Å². The van der Waals surface area contributed by atoms with Crippen molar-refractivity contribution in [2.75, 3.05) is 26.4 Å². The van der Waals surface area contributed by atoms with Crippen molar-refractivity contribution >= 4 is 25.7 Å². The lowest BCUT2D eigenvalue weighted by atomic mass is 10.1. The van der Waals surface area contributed by atoms with Crippen molar-refractivity contribution in [1.82, 2.24) is 0 Å². The zero-order valence-electron chi connectivity index (χ0n) is 43.7. The number of ether oxygens (including phenoxy) is 3. The molecule has 0 radical (unpaired) electrons. The van der Waals surface area contributed by atoms with Crippen LogP contribution in [0.4, 0.5) is 0 Å². The monoisotopic (exact) mass is 999 g/mol. The second-order valence-electron chi connectivity index (χ2n) is 17.3. The highest BCUT2D eigenvalue weighted by Gasteiger charge is 2.28. The number of allylic oxidation sites excluding steroid dienone is 18. The maximum Gasteiger partial charge on any atom is 0.472 e. The third-order valence-corrected chi connectivity index (χ3v) is 11.6. The Balaban J connectivity index is 4.87. The van der Waals surface area contributed by atoms with Crippen LogP contribution in [0.1, 0.15) is 201 Å². The van der Waals surface area contributed by atoms with Crippen LogP contribution in [0.15, 0.2) is 109 Å². The Hall–Kier alpha value is -3.86. The maximum absolute atomic E-state index is 12.8. The maximum atomic E-state index is 12.8. The first kappa shape index (κ1) is 66.1. The number of hydrogen-bond acceptors (Lipinski definition) is 10. The first-order chi connectivity index (χ1) is 34.2. The number of hydrogen-bond donors (Lipinski definition) is 2. The summed E-state index contributed by atoms with van der Waals surface area (Å²) in [6.07, 6.45) is 60.7. The summed E-state index contributed by atoms with van der Waals surface area (Å²) in [5.41, 5.74) is 0. The molecule has 0 aliphatic heterocycles. The zero-order chi connectivity index (χ0) is 51.3. The van der Waals surface area contributed by atoms with E-state index in [0.29, 0.717) is 19.3 Å². The molecule has 70 heavy (non-hydrogen) atoms. The number of esters is 3. The average Bonchev–Trinajstić information content (AvgIpc) is 3.35. The van der Waals surface area contributed by atoms with Gasteiger partial charge in [-0.2, -0.15) is 0 Å². The Kier molecular flexibility index (Phi) is 48.7. The fourth-order valence-corrected chi connectivity index (χ4v) is 7.36. The van der Waals surface area contributed by atoms with E-state index >= 15 is 0 Å². The van der Waals surface area contributed by atoms with E-state index in [4.69, 9.17) is 23.3 Å². The van der Waals surface area contributed by atoms with Crippen molar-refractivity contribution in [2.45, 2.75) is 213 Å². The number of carbonyl (C=O) groups excluding carboxylic acids is 3. The molecular formula is C58H95O11P. The minimum Gasteiger partial charge on any atom is -0.462 e. The Bertz CT molecular complexity index is 1590. The van der Waals surface area contributed by atoms with E-state index in [-0.39, 0.29) is 25.9 Å². The number of phosphoric ester groups is 1. The van der Waals surface area contributed by atoms with Gasteiger partial charge in [0.15, 0.2) is 6.10 Å². The van der Waals surface area contributed by atoms with E-state index in [0.717, 1.165) is 128 Å². The van der Waals surface area contributed by atoms with Crippen LogP contribution in [0.25, 0.3) is 0 Å². The third-order valence-electron chi connectivity index (χ3n) is 10.6. The molecule has 0 aliphatic rings. The van der Waals surface area contributed by atoms with Crippen LogP contribution < -0.4 is 0 Å². The predicted octanol–water partition coefficient (Wildman–Crippen LogP) is 15.5. The minimum absolute atomic E-state index is 0.0927. The highest BCUT2D eigenvalue weighted by Crippen LogP contribution is 2.43. The number of unbranched alkanes of at least 4 members (excludes halogenated alkanes) is 13. The Morgan fingerprint density at radius 3 is 1.27 bits per heavy atom. The fraction of sp³-hybridized carbons (Fsp3) is 0.638. The van der Waals surface area contributed by atoms with Crippen molar-refractivity contribution in [3.63, 3.8) is 0 Å². The molecule has 398 valence electrons. The first-order valence-corrected chi connectivity index (χ1v) is 28.3. The molecular weight excluding hydrogens is 904 g/mol. The SMILES string of the molecule is CC/C=C\C/C=C\C/C=C\C/C=C\C/C=C\C/C=C\CCC(=O)OCC(COP(=O)(O)OCC(CO)OC(=O)CCCCCCC/C=C\CCCC)OC(=O)CCCCCCC/C=C\C/C=C\CCC. The molecule has 11 nitrogen and oxygen atoms in total. The number of rotatable bonds is 48. The normalized spacial score (nSPS) is 14.3. The van der Waals surface area contributed by atoms with Gasteiger partial charge in [-0.1, -0.05) is 188 Å². The summed E-state index contributed by atoms with van der Waals surface area (Å²) in [5.74, 6) is -1.61. The van der Waals surface area contributed by atoms with Crippen LogP contribution in [0, 0.1) is 0 Å². The van der Waals surface area contributed by atoms with Crippen molar-refractivity contribution in [1.29, 1.82) is 0 Å². The summed E-state index contributed by atoms with van der Waals surface area (Å²) in [6.45, 7) is 4.28. The van der Waals surface area contributed by atoms with Gasteiger partial charge in [0, 0.05) is 19.3 Å². The lowest BCUT2D eigenvalue weighted by Crippen LogP contribution is -2.30. The van der Waals surface area contributed by atoms with Gasteiger partial charge in [-0.15, -0.1) is 0 Å². The van der Waals surface area contributed by atoms with E-state index in [1.165, 1.54) is 12.8 Å². The summed E-state index contributed by atoms with van der Waals surface area (Å²) < 4.78 is 39.3. The summed E-state index contributed by atoms with van der Waals surface area (Å²) in [5, 5.41) is 9.77. The third kappa shape index (κ3) is 49.1. The van der Waals surface area contributed by atoms with Crippen LogP contribution in [-0.2, 0) is 42.2 Å². The van der Waals surface area contributed by atoms with Crippen molar-refractivity contribution in [3.8, 4) is 0 Å². The van der Waals surface area contributed by atoms with Crippen LogP contribution in [0.3, 0.4) is 0 Å². The lowest BCUT2D eigenvalue weighted by molar-refractivity contribution is -0.161. The van der Waals surface area contributed by atoms with E-state index in [1.54, 1.807) is 0 Å². The van der Waals surface area contributed by atoms with Gasteiger partial charge in [0.2, 0.25) is 0 Å². The molecule has 0 rings (SSSR count). The predicted molar refractivity (Wildman–Crippen MR) is 288 cm³/mol. The van der Waals surface area contributed by atoms with Crippen molar-refractivity contribution < 1.29 is 52.2 Å². The van der Waals surface area contributed by atoms with Gasteiger partial charge < -0.3 is 24.2 Å². The van der Waals surface area contributed by atoms with Gasteiger partial charge in [-0.25, -0.2) is 4.57 Å². The second-order valence-corrected chi connectivity index (χ2v) is 18.8. The minimum atomic E-state index is -4.77. The van der Waals surface area contributed by atoms with Gasteiger partial charge in [-0.05, 0) is 103 Å². The van der Waals surface area contributed by atoms with Gasteiger partial charge in [0.05, 0.1) is 19.8 Å². The molecule has 0 heterocycles. The average molecular weight is 999 g/mol. The van der Waals surface area contributed by atoms with Gasteiger partial charge in [-0.3, -0.25) is 23.4 Å². The quantitative estimate of drug-likeness (QED) is 0.0197. The fourth-order valence-electron chi connectivity index (χ4n) is 6.58. The molecule has 0 aromatic carbocycles. The highest BCUT2D eigenvalue weighted by atomic mass is 31.2. The van der Waals surface area contributed by atoms with Crippen molar-refractivity contribution in [3.05, 3.63) is 109 Å². The van der Waals surface area contributed by atoms with Gasteiger partial charge in [0.25, 0.3) is 0 Å². The topological polar surface area (TPSA) is 155 Å². The van der Waals surface area contributed by atoms with E-state index in [1.807, 2.05) is 12.2 Å². The van der Waals surface area contributed by atoms with E-state index in [9.17, 15) is 28.9 Å². The molecule has 0 aromatic rings.